The van der Waals surface area contributed by atoms with Crippen LogP contribution in [0.4, 0.5) is 0 Å². The predicted molar refractivity (Wildman–Crippen MR) is 68.9 cm³/mol. The summed E-state index contributed by atoms with van der Waals surface area (Å²) in [5, 5.41) is 1.20. The molecule has 0 saturated heterocycles. The smallest absolute Gasteiger partial charge is 0.0490 e. The molecule has 2 nitrogen and oxygen atoms in total. The van der Waals surface area contributed by atoms with Crippen LogP contribution in [-0.2, 0) is 5.41 Å². The molecule has 0 aromatic carbocycles. The van der Waals surface area contributed by atoms with Gasteiger partial charge in [0.05, 0.1) is 0 Å². The van der Waals surface area contributed by atoms with Gasteiger partial charge in [-0.1, -0.05) is 34.6 Å². The van der Waals surface area contributed by atoms with Gasteiger partial charge in [-0.05, 0) is 18.1 Å². The molecule has 0 atom stereocenters. The third kappa shape index (κ3) is 1.97. The standard InChI is InChI=1S/C14H20N2/c1-9(2)11-7-12-10(8-15-11)6-13(16-12)14(3,4)5/h6-9,16H,1-5H3. The number of hydrogen-bond donors (Lipinski definition) is 1. The van der Waals surface area contributed by atoms with Gasteiger partial charge in [0.1, 0.15) is 0 Å². The highest BCUT2D eigenvalue weighted by atomic mass is 14.8. The van der Waals surface area contributed by atoms with Crippen molar-refractivity contribution in [2.45, 2.75) is 46.0 Å². The molecule has 0 amide bonds. The number of nitrogens with one attached hydrogen (secondary N) is 1. The quantitative estimate of drug-likeness (QED) is 0.767. The van der Waals surface area contributed by atoms with Crippen molar-refractivity contribution >= 4 is 10.9 Å². The average Bonchev–Trinajstić information content (AvgIpc) is 2.58. The molecular formula is C14H20N2. The third-order valence-corrected chi connectivity index (χ3v) is 2.92. The van der Waals surface area contributed by atoms with Crippen molar-refractivity contribution in [3.63, 3.8) is 0 Å². The molecule has 86 valence electrons. The number of hydrogen-bond acceptors (Lipinski definition) is 1. The van der Waals surface area contributed by atoms with Crippen LogP contribution >= 0.6 is 0 Å². The summed E-state index contributed by atoms with van der Waals surface area (Å²) in [4.78, 5) is 7.97. The number of rotatable bonds is 1. The summed E-state index contributed by atoms with van der Waals surface area (Å²) in [5.41, 5.74) is 3.78. The van der Waals surface area contributed by atoms with Crippen molar-refractivity contribution in [3.8, 4) is 0 Å². The topological polar surface area (TPSA) is 28.7 Å². The molecule has 1 N–H and O–H groups in total. The second kappa shape index (κ2) is 3.62. The molecule has 0 fully saturated rings. The summed E-state index contributed by atoms with van der Waals surface area (Å²) in [6.07, 6.45) is 1.97. The van der Waals surface area contributed by atoms with E-state index in [1.54, 1.807) is 0 Å². The highest BCUT2D eigenvalue weighted by Gasteiger charge is 2.16. The molecule has 2 aromatic heterocycles. The largest absolute Gasteiger partial charge is 0.358 e. The Kier molecular flexibility index (Phi) is 2.53. The molecule has 0 aliphatic heterocycles. The van der Waals surface area contributed by atoms with Gasteiger partial charge in [-0.2, -0.15) is 0 Å². The van der Waals surface area contributed by atoms with Crippen LogP contribution < -0.4 is 0 Å². The first-order chi connectivity index (χ1) is 7.38. The van der Waals surface area contributed by atoms with Crippen molar-refractivity contribution in [2.24, 2.45) is 0 Å². The SMILES string of the molecule is CC(C)c1cc2[nH]c(C(C)(C)C)cc2cn1. The molecule has 16 heavy (non-hydrogen) atoms. The van der Waals surface area contributed by atoms with E-state index in [1.165, 1.54) is 16.6 Å². The number of H-pyrrole nitrogens is 1. The first-order valence-corrected chi connectivity index (χ1v) is 5.87. The lowest BCUT2D eigenvalue weighted by Crippen LogP contribution is -2.10. The van der Waals surface area contributed by atoms with Crippen LogP contribution in [-0.4, -0.2) is 9.97 Å². The van der Waals surface area contributed by atoms with Gasteiger partial charge in [0, 0.05) is 33.9 Å². The maximum absolute atomic E-state index is 4.48. The highest BCUT2D eigenvalue weighted by molar-refractivity contribution is 5.80. The second-order valence-corrected chi connectivity index (χ2v) is 5.78. The van der Waals surface area contributed by atoms with Crippen molar-refractivity contribution in [1.82, 2.24) is 9.97 Å². The Hall–Kier alpha value is -1.31. The Balaban J connectivity index is 2.54. The molecule has 0 aliphatic rings. The summed E-state index contributed by atoms with van der Waals surface area (Å²) in [5.74, 6) is 0.478. The first kappa shape index (κ1) is 11.2. The van der Waals surface area contributed by atoms with Crippen LogP contribution in [0.15, 0.2) is 18.3 Å². The predicted octanol–water partition coefficient (Wildman–Crippen LogP) is 3.98. The van der Waals surface area contributed by atoms with E-state index in [4.69, 9.17) is 0 Å². The normalized spacial score (nSPS) is 12.6. The molecule has 0 radical (unpaired) electrons. The number of pyridine rings is 1. The van der Waals surface area contributed by atoms with E-state index >= 15 is 0 Å². The Morgan fingerprint density at radius 3 is 2.44 bits per heavy atom. The highest BCUT2D eigenvalue weighted by Crippen LogP contribution is 2.26. The molecule has 0 spiro atoms. The molecule has 0 bridgehead atoms. The van der Waals surface area contributed by atoms with E-state index in [2.05, 4.69) is 56.7 Å². The summed E-state index contributed by atoms with van der Waals surface area (Å²) in [6, 6.07) is 4.36. The summed E-state index contributed by atoms with van der Waals surface area (Å²) in [6.45, 7) is 11.0. The van der Waals surface area contributed by atoms with Crippen LogP contribution in [0.2, 0.25) is 0 Å². The van der Waals surface area contributed by atoms with Gasteiger partial charge in [-0.15, -0.1) is 0 Å². The van der Waals surface area contributed by atoms with Gasteiger partial charge in [-0.25, -0.2) is 0 Å². The average molecular weight is 216 g/mol. The van der Waals surface area contributed by atoms with Crippen molar-refractivity contribution in [2.75, 3.05) is 0 Å². The Labute approximate surface area is 97.1 Å². The molecule has 2 heteroatoms. The van der Waals surface area contributed by atoms with E-state index in [0.29, 0.717) is 5.92 Å². The molecule has 2 rings (SSSR count). The minimum Gasteiger partial charge on any atom is -0.358 e. The monoisotopic (exact) mass is 216 g/mol. The molecule has 2 aromatic rings. The van der Waals surface area contributed by atoms with E-state index in [9.17, 15) is 0 Å². The zero-order valence-electron chi connectivity index (χ0n) is 10.8. The number of nitrogens with zero attached hydrogens (tertiary/aromatic N) is 1. The fourth-order valence-corrected chi connectivity index (χ4v) is 1.76. The molecule has 2 heterocycles. The Bertz CT molecular complexity index is 501. The van der Waals surface area contributed by atoms with Gasteiger partial charge < -0.3 is 4.98 Å². The minimum absolute atomic E-state index is 0.164. The van der Waals surface area contributed by atoms with Crippen molar-refractivity contribution in [3.05, 3.63) is 29.7 Å². The lowest BCUT2D eigenvalue weighted by atomic mass is 9.92. The van der Waals surface area contributed by atoms with E-state index in [1.807, 2.05) is 6.20 Å². The molecule has 0 aliphatic carbocycles. The maximum atomic E-state index is 4.48. The summed E-state index contributed by atoms with van der Waals surface area (Å²) >= 11 is 0. The van der Waals surface area contributed by atoms with Crippen LogP contribution in [0.25, 0.3) is 10.9 Å². The zero-order valence-corrected chi connectivity index (χ0v) is 10.8. The lowest BCUT2D eigenvalue weighted by Gasteiger charge is -2.15. The molecule has 0 unspecified atom stereocenters. The van der Waals surface area contributed by atoms with Crippen LogP contribution in [0.1, 0.15) is 51.9 Å². The fourth-order valence-electron chi connectivity index (χ4n) is 1.76. The van der Waals surface area contributed by atoms with Crippen molar-refractivity contribution in [1.29, 1.82) is 0 Å². The number of aromatic nitrogens is 2. The minimum atomic E-state index is 0.164. The van der Waals surface area contributed by atoms with Gasteiger partial charge in [0.25, 0.3) is 0 Å². The first-order valence-electron chi connectivity index (χ1n) is 5.87. The van der Waals surface area contributed by atoms with Gasteiger partial charge >= 0.3 is 0 Å². The zero-order chi connectivity index (χ0) is 11.9. The van der Waals surface area contributed by atoms with Gasteiger partial charge in [0.2, 0.25) is 0 Å². The van der Waals surface area contributed by atoms with E-state index in [0.717, 1.165) is 5.69 Å². The van der Waals surface area contributed by atoms with Crippen LogP contribution in [0.3, 0.4) is 0 Å². The molecular weight excluding hydrogens is 196 g/mol. The van der Waals surface area contributed by atoms with E-state index < -0.39 is 0 Å². The van der Waals surface area contributed by atoms with Gasteiger partial charge in [0.15, 0.2) is 0 Å². The molecule has 0 saturated carbocycles. The Morgan fingerprint density at radius 2 is 1.88 bits per heavy atom. The number of aromatic amines is 1. The number of fused-ring (bicyclic) bond motifs is 1. The van der Waals surface area contributed by atoms with Crippen LogP contribution in [0, 0.1) is 0 Å². The van der Waals surface area contributed by atoms with Crippen molar-refractivity contribution < 1.29 is 0 Å². The van der Waals surface area contributed by atoms with E-state index in [-0.39, 0.29) is 5.41 Å². The summed E-state index contributed by atoms with van der Waals surface area (Å²) in [7, 11) is 0. The fraction of sp³-hybridized carbons (Fsp3) is 0.500. The Morgan fingerprint density at radius 1 is 1.19 bits per heavy atom. The second-order valence-electron chi connectivity index (χ2n) is 5.78. The third-order valence-electron chi connectivity index (χ3n) is 2.92. The van der Waals surface area contributed by atoms with Gasteiger partial charge in [-0.3, -0.25) is 4.98 Å². The lowest BCUT2D eigenvalue weighted by molar-refractivity contribution is 0.574. The summed E-state index contributed by atoms with van der Waals surface area (Å²) < 4.78 is 0. The van der Waals surface area contributed by atoms with Crippen LogP contribution in [0.5, 0.6) is 0 Å². The maximum Gasteiger partial charge on any atom is 0.0490 e.